The van der Waals surface area contributed by atoms with Crippen molar-refractivity contribution in [2.45, 2.75) is 77.7 Å². The zero-order chi connectivity index (χ0) is 18.0. The van der Waals surface area contributed by atoms with Crippen LogP contribution in [0, 0.1) is 12.8 Å². The molecule has 0 aromatic heterocycles. The Hall–Kier alpha value is -1.35. The molecule has 1 aliphatic heterocycles. The van der Waals surface area contributed by atoms with Crippen LogP contribution in [0.1, 0.15) is 76.3 Å². The molecule has 0 unspecified atom stereocenters. The third-order valence-corrected chi connectivity index (χ3v) is 6.05. The summed E-state index contributed by atoms with van der Waals surface area (Å²) in [5.74, 6) is 1.45. The standard InChI is InChI=1S/C22H34N2O/c1-16-10-11-20-19(12-16)17(2)13-22(3,4)24(20)21(25)15-23-14-18-8-6-5-7-9-18/h10-12,17-18,23H,5-9,13-15H2,1-4H3/t17-/m1/s1. The van der Waals surface area contributed by atoms with Gasteiger partial charge in [-0.1, -0.05) is 43.9 Å². The first-order chi connectivity index (χ1) is 11.9. The quantitative estimate of drug-likeness (QED) is 0.854. The Balaban J connectivity index is 1.70. The van der Waals surface area contributed by atoms with Crippen molar-refractivity contribution in [3.63, 3.8) is 0 Å². The van der Waals surface area contributed by atoms with Gasteiger partial charge in [0.05, 0.1) is 6.54 Å². The van der Waals surface area contributed by atoms with Gasteiger partial charge in [0.15, 0.2) is 0 Å². The molecule has 1 amide bonds. The molecule has 1 heterocycles. The van der Waals surface area contributed by atoms with Gasteiger partial charge in [-0.15, -0.1) is 0 Å². The van der Waals surface area contributed by atoms with E-state index >= 15 is 0 Å². The highest BCUT2D eigenvalue weighted by Crippen LogP contribution is 2.43. The number of benzene rings is 1. The van der Waals surface area contributed by atoms with Gasteiger partial charge in [0.1, 0.15) is 0 Å². The molecule has 2 aliphatic rings. The number of carbonyl (C=O) groups excluding carboxylic acids is 1. The van der Waals surface area contributed by atoms with Crippen LogP contribution in [0.5, 0.6) is 0 Å². The van der Waals surface area contributed by atoms with E-state index in [0.29, 0.717) is 12.5 Å². The van der Waals surface area contributed by atoms with Crippen LogP contribution in [0.15, 0.2) is 18.2 Å². The van der Waals surface area contributed by atoms with Gasteiger partial charge >= 0.3 is 0 Å². The summed E-state index contributed by atoms with van der Waals surface area (Å²) in [6.45, 7) is 10.2. The number of carbonyl (C=O) groups is 1. The van der Waals surface area contributed by atoms with Crippen LogP contribution in [0.4, 0.5) is 5.69 Å². The van der Waals surface area contributed by atoms with Crippen LogP contribution >= 0.6 is 0 Å². The van der Waals surface area contributed by atoms with Crippen molar-refractivity contribution >= 4 is 11.6 Å². The molecule has 25 heavy (non-hydrogen) atoms. The third kappa shape index (κ3) is 4.08. The van der Waals surface area contributed by atoms with Crippen LogP contribution < -0.4 is 10.2 Å². The molecular formula is C22H34N2O. The predicted molar refractivity (Wildman–Crippen MR) is 105 cm³/mol. The molecule has 1 aromatic rings. The highest BCUT2D eigenvalue weighted by atomic mass is 16.2. The molecule has 0 saturated heterocycles. The first kappa shape index (κ1) is 18.4. The number of rotatable bonds is 4. The Morgan fingerprint density at radius 1 is 1.24 bits per heavy atom. The number of fused-ring (bicyclic) bond motifs is 1. The average Bonchev–Trinajstić information content (AvgIpc) is 2.56. The van der Waals surface area contributed by atoms with Crippen molar-refractivity contribution in [2.24, 2.45) is 5.92 Å². The maximum Gasteiger partial charge on any atom is 0.241 e. The van der Waals surface area contributed by atoms with Crippen molar-refractivity contribution in [1.29, 1.82) is 0 Å². The molecule has 1 aliphatic carbocycles. The minimum atomic E-state index is -0.134. The second-order valence-electron chi connectivity index (χ2n) is 8.84. The fourth-order valence-corrected chi connectivity index (χ4v) is 4.87. The van der Waals surface area contributed by atoms with Gasteiger partial charge in [0.25, 0.3) is 0 Å². The third-order valence-electron chi connectivity index (χ3n) is 6.05. The van der Waals surface area contributed by atoms with Crippen molar-refractivity contribution in [2.75, 3.05) is 18.0 Å². The minimum absolute atomic E-state index is 0.134. The highest BCUT2D eigenvalue weighted by Gasteiger charge is 2.39. The van der Waals surface area contributed by atoms with Crippen LogP contribution in [0.2, 0.25) is 0 Å². The minimum Gasteiger partial charge on any atom is -0.308 e. The summed E-state index contributed by atoms with van der Waals surface area (Å²) in [5.41, 5.74) is 3.57. The van der Waals surface area contributed by atoms with Crippen molar-refractivity contribution in [3.05, 3.63) is 29.3 Å². The Bertz CT molecular complexity index is 616. The van der Waals surface area contributed by atoms with Gasteiger partial charge in [0.2, 0.25) is 5.91 Å². The van der Waals surface area contributed by atoms with Crippen LogP contribution in [-0.2, 0) is 4.79 Å². The fourth-order valence-electron chi connectivity index (χ4n) is 4.87. The number of aryl methyl sites for hydroxylation is 1. The zero-order valence-electron chi connectivity index (χ0n) is 16.4. The van der Waals surface area contributed by atoms with E-state index in [1.54, 1.807) is 0 Å². The smallest absolute Gasteiger partial charge is 0.241 e. The summed E-state index contributed by atoms with van der Waals surface area (Å²) in [6, 6.07) is 6.52. The molecule has 1 aromatic carbocycles. The first-order valence-corrected chi connectivity index (χ1v) is 10.0. The van der Waals surface area contributed by atoms with Crippen LogP contribution in [0.25, 0.3) is 0 Å². The largest absolute Gasteiger partial charge is 0.308 e. The number of hydrogen-bond acceptors (Lipinski definition) is 2. The Kier molecular flexibility index (Phi) is 5.52. The SMILES string of the molecule is Cc1ccc2c(c1)[C@H](C)CC(C)(C)N2C(=O)CNCC1CCCCC1. The van der Waals surface area contributed by atoms with E-state index in [0.717, 1.165) is 24.6 Å². The second kappa shape index (κ2) is 7.49. The number of hydrogen-bond donors (Lipinski definition) is 1. The molecule has 3 nitrogen and oxygen atoms in total. The fraction of sp³-hybridized carbons (Fsp3) is 0.682. The molecule has 1 atom stereocenters. The van der Waals surface area contributed by atoms with Crippen LogP contribution in [-0.4, -0.2) is 24.5 Å². The molecular weight excluding hydrogens is 308 g/mol. The molecule has 1 fully saturated rings. The van der Waals surface area contributed by atoms with E-state index in [1.165, 1.54) is 43.2 Å². The van der Waals surface area contributed by atoms with Crippen molar-refractivity contribution < 1.29 is 4.79 Å². The zero-order valence-corrected chi connectivity index (χ0v) is 16.4. The van der Waals surface area contributed by atoms with Gasteiger partial charge in [-0.25, -0.2) is 0 Å². The lowest BCUT2D eigenvalue weighted by Gasteiger charge is -2.46. The van der Waals surface area contributed by atoms with E-state index in [-0.39, 0.29) is 11.4 Å². The summed E-state index contributed by atoms with van der Waals surface area (Å²) < 4.78 is 0. The molecule has 3 heteroatoms. The van der Waals surface area contributed by atoms with E-state index in [2.05, 4.69) is 56.1 Å². The number of nitrogens with one attached hydrogen (secondary N) is 1. The molecule has 138 valence electrons. The summed E-state index contributed by atoms with van der Waals surface area (Å²) in [7, 11) is 0. The lowest BCUT2D eigenvalue weighted by molar-refractivity contribution is -0.119. The van der Waals surface area contributed by atoms with Gasteiger partial charge in [-0.3, -0.25) is 4.79 Å². The Morgan fingerprint density at radius 2 is 1.96 bits per heavy atom. The topological polar surface area (TPSA) is 32.3 Å². The van der Waals surface area contributed by atoms with Gasteiger partial charge in [-0.2, -0.15) is 0 Å². The van der Waals surface area contributed by atoms with Gasteiger partial charge in [0, 0.05) is 11.2 Å². The average molecular weight is 343 g/mol. The van der Waals surface area contributed by atoms with Crippen molar-refractivity contribution in [3.8, 4) is 0 Å². The van der Waals surface area contributed by atoms with E-state index in [1.807, 2.05) is 0 Å². The molecule has 0 bridgehead atoms. The molecule has 0 radical (unpaired) electrons. The van der Waals surface area contributed by atoms with E-state index in [4.69, 9.17) is 0 Å². The summed E-state index contributed by atoms with van der Waals surface area (Å²) in [5, 5.41) is 3.45. The van der Waals surface area contributed by atoms with E-state index < -0.39 is 0 Å². The Morgan fingerprint density at radius 3 is 2.68 bits per heavy atom. The lowest BCUT2D eigenvalue weighted by Crippen LogP contribution is -2.54. The molecule has 1 saturated carbocycles. The number of amides is 1. The maximum atomic E-state index is 13.1. The monoisotopic (exact) mass is 342 g/mol. The predicted octanol–water partition coefficient (Wildman–Crippen LogP) is 4.78. The summed E-state index contributed by atoms with van der Waals surface area (Å²) in [6.07, 6.45) is 7.73. The van der Waals surface area contributed by atoms with Gasteiger partial charge in [-0.05, 0) is 70.0 Å². The second-order valence-corrected chi connectivity index (χ2v) is 8.84. The Labute approximate surface area is 153 Å². The van der Waals surface area contributed by atoms with Crippen LogP contribution in [0.3, 0.4) is 0 Å². The number of anilines is 1. The number of nitrogens with zero attached hydrogens (tertiary/aromatic N) is 1. The molecule has 0 spiro atoms. The lowest BCUT2D eigenvalue weighted by atomic mass is 9.79. The van der Waals surface area contributed by atoms with Gasteiger partial charge < -0.3 is 10.2 Å². The molecule has 3 rings (SSSR count). The highest BCUT2D eigenvalue weighted by molar-refractivity contribution is 5.97. The maximum absolute atomic E-state index is 13.1. The normalized spacial score (nSPS) is 23.4. The van der Waals surface area contributed by atoms with Crippen molar-refractivity contribution in [1.82, 2.24) is 5.32 Å². The summed E-state index contributed by atoms with van der Waals surface area (Å²) >= 11 is 0. The first-order valence-electron chi connectivity index (χ1n) is 10.0. The summed E-state index contributed by atoms with van der Waals surface area (Å²) in [4.78, 5) is 15.1. The van der Waals surface area contributed by atoms with E-state index in [9.17, 15) is 4.79 Å². The molecule has 1 N–H and O–H groups in total.